The summed E-state index contributed by atoms with van der Waals surface area (Å²) in [6.45, 7) is 0.776. The summed E-state index contributed by atoms with van der Waals surface area (Å²) < 4.78 is 5.12. The molecule has 5 heteroatoms. The summed E-state index contributed by atoms with van der Waals surface area (Å²) in [5.41, 5.74) is 0.993. The SMILES string of the molecule is CNCc1ncc(-c2ccc(OC)cc2Cl)s1. The van der Waals surface area contributed by atoms with Crippen LogP contribution in [0.25, 0.3) is 10.4 Å². The zero-order chi connectivity index (χ0) is 12.3. The molecule has 1 N–H and O–H groups in total. The van der Waals surface area contributed by atoms with Crippen molar-refractivity contribution >= 4 is 22.9 Å². The van der Waals surface area contributed by atoms with Gasteiger partial charge in [-0.1, -0.05) is 11.6 Å². The third-order valence-electron chi connectivity index (χ3n) is 2.32. The Morgan fingerprint density at radius 3 is 2.94 bits per heavy atom. The minimum Gasteiger partial charge on any atom is -0.497 e. The number of nitrogens with zero attached hydrogens (tertiary/aromatic N) is 1. The monoisotopic (exact) mass is 268 g/mol. The van der Waals surface area contributed by atoms with Crippen LogP contribution in [0, 0.1) is 0 Å². The van der Waals surface area contributed by atoms with Crippen LogP contribution in [0.3, 0.4) is 0 Å². The molecule has 0 atom stereocenters. The average molecular weight is 269 g/mol. The van der Waals surface area contributed by atoms with Crippen molar-refractivity contribution in [2.45, 2.75) is 6.54 Å². The quantitative estimate of drug-likeness (QED) is 0.925. The van der Waals surface area contributed by atoms with Gasteiger partial charge in [0.15, 0.2) is 0 Å². The molecule has 0 aliphatic rings. The molecule has 0 amide bonds. The smallest absolute Gasteiger partial charge is 0.120 e. The number of methoxy groups -OCH3 is 1. The molecule has 3 nitrogen and oxygen atoms in total. The summed E-state index contributed by atoms with van der Waals surface area (Å²) in [6.07, 6.45) is 1.85. The molecular weight excluding hydrogens is 256 g/mol. The average Bonchev–Trinajstić information content (AvgIpc) is 2.78. The summed E-state index contributed by atoms with van der Waals surface area (Å²) in [6, 6.07) is 5.67. The van der Waals surface area contributed by atoms with Gasteiger partial charge in [-0.25, -0.2) is 4.98 Å². The second-order valence-corrected chi connectivity index (χ2v) is 5.02. The van der Waals surface area contributed by atoms with Gasteiger partial charge in [0.05, 0.1) is 17.0 Å². The zero-order valence-corrected chi connectivity index (χ0v) is 11.2. The summed E-state index contributed by atoms with van der Waals surface area (Å²) in [5.74, 6) is 0.763. The summed E-state index contributed by atoms with van der Waals surface area (Å²) in [7, 11) is 3.53. The maximum atomic E-state index is 6.21. The Bertz CT molecular complexity index is 513. The van der Waals surface area contributed by atoms with Crippen LogP contribution in [0.1, 0.15) is 5.01 Å². The third-order valence-corrected chi connectivity index (χ3v) is 3.67. The number of aromatic nitrogens is 1. The molecule has 0 radical (unpaired) electrons. The van der Waals surface area contributed by atoms with Crippen LogP contribution >= 0.6 is 22.9 Å². The fraction of sp³-hybridized carbons (Fsp3) is 0.250. The van der Waals surface area contributed by atoms with Crippen LogP contribution in [0.4, 0.5) is 0 Å². The Kier molecular flexibility index (Phi) is 3.99. The Morgan fingerprint density at radius 1 is 1.47 bits per heavy atom. The lowest BCUT2D eigenvalue weighted by Crippen LogP contribution is -2.03. The highest BCUT2D eigenvalue weighted by Crippen LogP contribution is 2.34. The fourth-order valence-corrected chi connectivity index (χ4v) is 2.79. The lowest BCUT2D eigenvalue weighted by atomic mass is 10.2. The van der Waals surface area contributed by atoms with Gasteiger partial charge < -0.3 is 10.1 Å². The summed E-state index contributed by atoms with van der Waals surface area (Å²) in [5, 5.41) is 4.81. The van der Waals surface area contributed by atoms with Gasteiger partial charge in [-0.05, 0) is 25.2 Å². The van der Waals surface area contributed by atoms with Crippen molar-refractivity contribution in [3.8, 4) is 16.2 Å². The van der Waals surface area contributed by atoms with Crippen molar-refractivity contribution in [1.29, 1.82) is 0 Å². The maximum Gasteiger partial charge on any atom is 0.120 e. The van der Waals surface area contributed by atoms with Crippen LogP contribution in [0.2, 0.25) is 5.02 Å². The number of halogens is 1. The number of rotatable bonds is 4. The molecule has 0 aliphatic carbocycles. The van der Waals surface area contributed by atoms with E-state index in [0.717, 1.165) is 27.7 Å². The van der Waals surface area contributed by atoms with Gasteiger partial charge >= 0.3 is 0 Å². The van der Waals surface area contributed by atoms with E-state index in [2.05, 4.69) is 10.3 Å². The van der Waals surface area contributed by atoms with Gasteiger partial charge in [0.1, 0.15) is 10.8 Å². The molecule has 0 spiro atoms. The number of thiazole rings is 1. The lowest BCUT2D eigenvalue weighted by Gasteiger charge is -2.04. The van der Waals surface area contributed by atoms with E-state index in [1.54, 1.807) is 18.4 Å². The minimum atomic E-state index is 0.684. The second kappa shape index (κ2) is 5.49. The van der Waals surface area contributed by atoms with Gasteiger partial charge in [0.25, 0.3) is 0 Å². The third kappa shape index (κ3) is 2.77. The second-order valence-electron chi connectivity index (χ2n) is 3.49. The van der Waals surface area contributed by atoms with Crippen molar-refractivity contribution in [2.75, 3.05) is 14.2 Å². The molecule has 0 saturated heterocycles. The van der Waals surface area contributed by atoms with Crippen molar-refractivity contribution in [1.82, 2.24) is 10.3 Å². The fourth-order valence-electron chi connectivity index (χ4n) is 1.49. The predicted molar refractivity (Wildman–Crippen MR) is 71.9 cm³/mol. The van der Waals surface area contributed by atoms with Gasteiger partial charge in [-0.2, -0.15) is 0 Å². The van der Waals surface area contributed by atoms with E-state index >= 15 is 0 Å². The highest BCUT2D eigenvalue weighted by molar-refractivity contribution is 7.15. The van der Waals surface area contributed by atoms with Crippen molar-refractivity contribution < 1.29 is 4.74 Å². The van der Waals surface area contributed by atoms with Gasteiger partial charge in [-0.15, -0.1) is 11.3 Å². The first-order chi connectivity index (χ1) is 8.24. The molecule has 0 saturated carbocycles. The summed E-state index contributed by atoms with van der Waals surface area (Å²) in [4.78, 5) is 5.40. The molecule has 0 aliphatic heterocycles. The van der Waals surface area contributed by atoms with E-state index in [9.17, 15) is 0 Å². The first-order valence-electron chi connectivity index (χ1n) is 5.18. The zero-order valence-electron chi connectivity index (χ0n) is 9.66. The van der Waals surface area contributed by atoms with Crippen molar-refractivity contribution in [3.63, 3.8) is 0 Å². The molecule has 90 valence electrons. The Morgan fingerprint density at radius 2 is 2.29 bits per heavy atom. The maximum absolute atomic E-state index is 6.21. The number of nitrogens with one attached hydrogen (secondary N) is 1. The molecule has 2 aromatic rings. The van der Waals surface area contributed by atoms with E-state index in [-0.39, 0.29) is 0 Å². The molecule has 0 unspecified atom stereocenters. The number of hydrogen-bond donors (Lipinski definition) is 1. The highest BCUT2D eigenvalue weighted by atomic mass is 35.5. The van der Waals surface area contributed by atoms with E-state index in [1.807, 2.05) is 31.4 Å². The molecule has 17 heavy (non-hydrogen) atoms. The van der Waals surface area contributed by atoms with Crippen LogP contribution < -0.4 is 10.1 Å². The molecular formula is C12H13ClN2OS. The lowest BCUT2D eigenvalue weighted by molar-refractivity contribution is 0.415. The van der Waals surface area contributed by atoms with Crippen molar-refractivity contribution in [2.24, 2.45) is 0 Å². The largest absolute Gasteiger partial charge is 0.497 e. The van der Waals surface area contributed by atoms with Gasteiger partial charge in [0, 0.05) is 18.3 Å². The van der Waals surface area contributed by atoms with Gasteiger partial charge in [0.2, 0.25) is 0 Å². The normalized spacial score (nSPS) is 10.5. The standard InChI is InChI=1S/C12H13ClN2OS/c1-14-7-12-15-6-11(17-12)9-4-3-8(16-2)5-10(9)13/h3-6,14H,7H2,1-2H3. The summed E-state index contributed by atoms with van der Waals surface area (Å²) >= 11 is 7.85. The van der Waals surface area contributed by atoms with E-state index in [0.29, 0.717) is 5.02 Å². The van der Waals surface area contributed by atoms with Crippen LogP contribution in [0.15, 0.2) is 24.4 Å². The van der Waals surface area contributed by atoms with E-state index in [1.165, 1.54) is 0 Å². The number of hydrogen-bond acceptors (Lipinski definition) is 4. The molecule has 1 heterocycles. The Labute approximate surface area is 109 Å². The minimum absolute atomic E-state index is 0.684. The molecule has 1 aromatic carbocycles. The predicted octanol–water partition coefficient (Wildman–Crippen LogP) is 3.19. The first kappa shape index (κ1) is 12.4. The first-order valence-corrected chi connectivity index (χ1v) is 6.37. The Balaban J connectivity index is 2.32. The molecule has 0 fully saturated rings. The number of ether oxygens (including phenoxy) is 1. The number of benzene rings is 1. The molecule has 2 rings (SSSR count). The highest BCUT2D eigenvalue weighted by Gasteiger charge is 2.08. The molecule has 0 bridgehead atoms. The van der Waals surface area contributed by atoms with Crippen molar-refractivity contribution in [3.05, 3.63) is 34.4 Å². The molecule has 1 aromatic heterocycles. The van der Waals surface area contributed by atoms with Gasteiger partial charge in [-0.3, -0.25) is 0 Å². The van der Waals surface area contributed by atoms with Crippen LogP contribution in [-0.4, -0.2) is 19.1 Å². The van der Waals surface area contributed by atoms with Crippen LogP contribution in [0.5, 0.6) is 5.75 Å². The topological polar surface area (TPSA) is 34.2 Å². The van der Waals surface area contributed by atoms with Crippen LogP contribution in [-0.2, 0) is 6.54 Å². The van der Waals surface area contributed by atoms with E-state index in [4.69, 9.17) is 16.3 Å². The Hall–Kier alpha value is -1.10. The van der Waals surface area contributed by atoms with E-state index < -0.39 is 0 Å².